The SMILES string of the molecule is COc1ccccc1[C@H](C)N(C)C(=O)Nc1ccccc1Cl. The summed E-state index contributed by atoms with van der Waals surface area (Å²) < 4.78 is 5.35. The summed E-state index contributed by atoms with van der Waals surface area (Å²) >= 11 is 6.06. The first-order valence-corrected chi connectivity index (χ1v) is 7.33. The Balaban J connectivity index is 2.15. The molecule has 4 nitrogen and oxygen atoms in total. The van der Waals surface area contributed by atoms with Crippen LogP contribution in [0.5, 0.6) is 5.75 Å². The summed E-state index contributed by atoms with van der Waals surface area (Å²) in [6.45, 7) is 1.95. The summed E-state index contributed by atoms with van der Waals surface area (Å²) in [6.07, 6.45) is 0. The van der Waals surface area contributed by atoms with Crippen LogP contribution in [0.25, 0.3) is 0 Å². The van der Waals surface area contributed by atoms with Crippen molar-refractivity contribution in [3.8, 4) is 5.75 Å². The smallest absolute Gasteiger partial charge is 0.322 e. The average molecular weight is 319 g/mol. The van der Waals surface area contributed by atoms with Crippen LogP contribution in [0.15, 0.2) is 48.5 Å². The third kappa shape index (κ3) is 3.52. The van der Waals surface area contributed by atoms with Gasteiger partial charge in [0.25, 0.3) is 0 Å². The molecule has 0 aromatic heterocycles. The zero-order chi connectivity index (χ0) is 16.1. The number of nitrogens with one attached hydrogen (secondary N) is 1. The van der Waals surface area contributed by atoms with Gasteiger partial charge in [-0.05, 0) is 25.1 Å². The molecule has 0 unspecified atom stereocenters. The first kappa shape index (κ1) is 16.2. The Morgan fingerprint density at radius 1 is 1.18 bits per heavy atom. The number of carbonyl (C=O) groups is 1. The number of amides is 2. The number of urea groups is 1. The number of hydrogen-bond acceptors (Lipinski definition) is 2. The van der Waals surface area contributed by atoms with Crippen LogP contribution in [0, 0.1) is 0 Å². The normalized spacial score (nSPS) is 11.6. The lowest BCUT2D eigenvalue weighted by Gasteiger charge is -2.27. The molecule has 0 heterocycles. The predicted molar refractivity (Wildman–Crippen MR) is 89.6 cm³/mol. The highest BCUT2D eigenvalue weighted by atomic mass is 35.5. The number of halogens is 1. The number of hydrogen-bond donors (Lipinski definition) is 1. The monoisotopic (exact) mass is 318 g/mol. The molecule has 0 bridgehead atoms. The fourth-order valence-electron chi connectivity index (χ4n) is 2.16. The molecule has 5 heteroatoms. The highest BCUT2D eigenvalue weighted by Crippen LogP contribution is 2.29. The van der Waals surface area contributed by atoms with Gasteiger partial charge in [-0.1, -0.05) is 41.9 Å². The van der Waals surface area contributed by atoms with E-state index < -0.39 is 0 Å². The number of carbonyl (C=O) groups excluding carboxylic acids is 1. The molecule has 1 atom stereocenters. The van der Waals surface area contributed by atoms with Gasteiger partial charge in [-0.2, -0.15) is 0 Å². The fraction of sp³-hybridized carbons (Fsp3) is 0.235. The zero-order valence-electron chi connectivity index (χ0n) is 12.8. The van der Waals surface area contributed by atoms with Crippen LogP contribution in [0.3, 0.4) is 0 Å². The third-order valence-electron chi connectivity index (χ3n) is 3.61. The Morgan fingerprint density at radius 3 is 2.50 bits per heavy atom. The average Bonchev–Trinajstić information content (AvgIpc) is 2.55. The first-order valence-electron chi connectivity index (χ1n) is 6.96. The van der Waals surface area contributed by atoms with Gasteiger partial charge in [-0.25, -0.2) is 4.79 Å². The van der Waals surface area contributed by atoms with Crippen LogP contribution < -0.4 is 10.1 Å². The second-order valence-corrected chi connectivity index (χ2v) is 5.35. The van der Waals surface area contributed by atoms with Crippen LogP contribution in [0.1, 0.15) is 18.5 Å². The Labute approximate surface area is 135 Å². The molecule has 0 saturated carbocycles. The lowest BCUT2D eigenvalue weighted by atomic mass is 10.1. The van der Waals surface area contributed by atoms with Gasteiger partial charge in [0, 0.05) is 12.6 Å². The second kappa shape index (κ2) is 7.18. The number of para-hydroxylation sites is 2. The van der Waals surface area contributed by atoms with Crippen LogP contribution in [-0.4, -0.2) is 25.1 Å². The predicted octanol–water partition coefficient (Wildman–Crippen LogP) is 4.57. The molecule has 0 aliphatic rings. The van der Waals surface area contributed by atoms with E-state index in [0.717, 1.165) is 11.3 Å². The van der Waals surface area contributed by atoms with E-state index in [9.17, 15) is 4.79 Å². The fourth-order valence-corrected chi connectivity index (χ4v) is 2.35. The minimum absolute atomic E-state index is 0.140. The molecular formula is C17H19ClN2O2. The number of nitrogens with zero attached hydrogens (tertiary/aromatic N) is 1. The van der Waals surface area contributed by atoms with E-state index in [-0.39, 0.29) is 12.1 Å². The molecule has 1 N–H and O–H groups in total. The quantitative estimate of drug-likeness (QED) is 0.897. The van der Waals surface area contributed by atoms with Crippen molar-refractivity contribution in [1.82, 2.24) is 4.90 Å². The second-order valence-electron chi connectivity index (χ2n) is 4.94. The van der Waals surface area contributed by atoms with Crippen LogP contribution in [0.4, 0.5) is 10.5 Å². The summed E-state index contributed by atoms with van der Waals surface area (Å²) in [4.78, 5) is 14.0. The minimum atomic E-state index is -0.230. The first-order chi connectivity index (χ1) is 10.5. The molecular weight excluding hydrogens is 300 g/mol. The summed E-state index contributed by atoms with van der Waals surface area (Å²) in [6, 6.07) is 14.4. The molecule has 0 radical (unpaired) electrons. The topological polar surface area (TPSA) is 41.6 Å². The largest absolute Gasteiger partial charge is 0.496 e. The summed E-state index contributed by atoms with van der Waals surface area (Å²) in [7, 11) is 3.36. The Hall–Kier alpha value is -2.20. The molecule has 22 heavy (non-hydrogen) atoms. The van der Waals surface area contributed by atoms with Crippen molar-refractivity contribution in [2.75, 3.05) is 19.5 Å². The molecule has 0 spiro atoms. The van der Waals surface area contributed by atoms with Crippen LogP contribution in [-0.2, 0) is 0 Å². The lowest BCUT2D eigenvalue weighted by molar-refractivity contribution is 0.207. The molecule has 2 rings (SSSR count). The Morgan fingerprint density at radius 2 is 1.82 bits per heavy atom. The van der Waals surface area contributed by atoms with Gasteiger partial charge in [0.05, 0.1) is 23.9 Å². The van der Waals surface area contributed by atoms with Crippen molar-refractivity contribution in [3.63, 3.8) is 0 Å². The number of anilines is 1. The van der Waals surface area contributed by atoms with E-state index in [0.29, 0.717) is 10.7 Å². The van der Waals surface area contributed by atoms with Gasteiger partial charge in [-0.15, -0.1) is 0 Å². The maximum Gasteiger partial charge on any atom is 0.322 e. The summed E-state index contributed by atoms with van der Waals surface area (Å²) in [5.74, 6) is 0.757. The van der Waals surface area contributed by atoms with Gasteiger partial charge < -0.3 is 15.0 Å². The van der Waals surface area contributed by atoms with Gasteiger partial charge >= 0.3 is 6.03 Å². The van der Waals surface area contributed by atoms with E-state index in [2.05, 4.69) is 5.32 Å². The number of methoxy groups -OCH3 is 1. The van der Waals surface area contributed by atoms with E-state index in [1.54, 1.807) is 31.2 Å². The highest BCUT2D eigenvalue weighted by molar-refractivity contribution is 6.33. The molecule has 0 saturated heterocycles. The van der Waals surface area contributed by atoms with Gasteiger partial charge in [0.2, 0.25) is 0 Å². The van der Waals surface area contributed by atoms with Crippen LogP contribution in [0.2, 0.25) is 5.02 Å². The van der Waals surface area contributed by atoms with Crippen molar-refractivity contribution in [2.24, 2.45) is 0 Å². The molecule has 2 aromatic carbocycles. The Bertz CT molecular complexity index is 661. The van der Waals surface area contributed by atoms with Crippen molar-refractivity contribution >= 4 is 23.3 Å². The summed E-state index contributed by atoms with van der Waals surface area (Å²) in [5, 5.41) is 3.32. The third-order valence-corrected chi connectivity index (χ3v) is 3.94. The van der Waals surface area contributed by atoms with Crippen molar-refractivity contribution in [2.45, 2.75) is 13.0 Å². The highest BCUT2D eigenvalue weighted by Gasteiger charge is 2.20. The molecule has 2 aromatic rings. The number of rotatable bonds is 4. The molecule has 2 amide bonds. The molecule has 116 valence electrons. The van der Waals surface area contributed by atoms with Gasteiger partial charge in [0.1, 0.15) is 5.75 Å². The van der Waals surface area contributed by atoms with Gasteiger partial charge in [0.15, 0.2) is 0 Å². The minimum Gasteiger partial charge on any atom is -0.496 e. The van der Waals surface area contributed by atoms with Crippen molar-refractivity contribution < 1.29 is 9.53 Å². The summed E-state index contributed by atoms with van der Waals surface area (Å²) in [5.41, 5.74) is 1.54. The Kier molecular flexibility index (Phi) is 5.28. The molecule has 0 fully saturated rings. The van der Waals surface area contributed by atoms with E-state index in [1.165, 1.54) is 0 Å². The molecule has 0 aliphatic carbocycles. The number of benzene rings is 2. The van der Waals surface area contributed by atoms with Crippen molar-refractivity contribution in [3.05, 3.63) is 59.1 Å². The standard InChI is InChI=1S/C17H19ClN2O2/c1-12(13-8-4-7-11-16(13)22-3)20(2)17(21)19-15-10-6-5-9-14(15)18/h4-12H,1-3H3,(H,19,21)/t12-/m0/s1. The van der Waals surface area contributed by atoms with E-state index >= 15 is 0 Å². The van der Waals surface area contributed by atoms with Crippen molar-refractivity contribution in [1.29, 1.82) is 0 Å². The maximum atomic E-state index is 12.4. The van der Waals surface area contributed by atoms with E-state index in [1.807, 2.05) is 43.3 Å². The number of ether oxygens (including phenoxy) is 1. The lowest BCUT2D eigenvalue weighted by Crippen LogP contribution is -2.33. The van der Waals surface area contributed by atoms with E-state index in [4.69, 9.17) is 16.3 Å². The van der Waals surface area contributed by atoms with Crippen LogP contribution >= 0.6 is 11.6 Å². The molecule has 0 aliphatic heterocycles. The maximum absolute atomic E-state index is 12.4. The van der Waals surface area contributed by atoms with Gasteiger partial charge in [-0.3, -0.25) is 0 Å². The zero-order valence-corrected chi connectivity index (χ0v) is 13.6.